The lowest BCUT2D eigenvalue weighted by atomic mass is 9.93. The lowest BCUT2D eigenvalue weighted by Gasteiger charge is -2.27. The molecule has 17 heavy (non-hydrogen) atoms. The van der Waals surface area contributed by atoms with Gasteiger partial charge in [-0.3, -0.25) is 4.79 Å². The van der Waals surface area contributed by atoms with Gasteiger partial charge in [0.15, 0.2) is 4.99 Å². The zero-order chi connectivity index (χ0) is 12.3. The van der Waals surface area contributed by atoms with E-state index in [4.69, 9.17) is 12.2 Å². The van der Waals surface area contributed by atoms with E-state index >= 15 is 0 Å². The van der Waals surface area contributed by atoms with Crippen molar-refractivity contribution in [2.75, 3.05) is 5.32 Å². The number of amides is 1. The Labute approximate surface area is 104 Å². The Bertz CT molecular complexity index is 429. The summed E-state index contributed by atoms with van der Waals surface area (Å²) in [6.45, 7) is 0. The van der Waals surface area contributed by atoms with E-state index in [1.165, 1.54) is 30.7 Å². The number of hydrogen-bond acceptors (Lipinski definition) is 2. The Morgan fingerprint density at radius 1 is 1.29 bits per heavy atom. The fourth-order valence-electron chi connectivity index (χ4n) is 1.52. The third kappa shape index (κ3) is 3.23. The monoisotopic (exact) mass is 252 g/mol. The van der Waals surface area contributed by atoms with Gasteiger partial charge in [-0.2, -0.15) is 0 Å². The molecule has 0 spiro atoms. The highest BCUT2D eigenvalue weighted by Crippen LogP contribution is 2.18. The van der Waals surface area contributed by atoms with Crippen molar-refractivity contribution in [1.82, 2.24) is 5.32 Å². The number of halogens is 1. The van der Waals surface area contributed by atoms with Gasteiger partial charge in [0.2, 0.25) is 0 Å². The molecular formula is C12H13FN2OS. The molecule has 1 aromatic rings. The van der Waals surface area contributed by atoms with Gasteiger partial charge in [0.1, 0.15) is 5.82 Å². The molecule has 0 aliphatic heterocycles. The maximum absolute atomic E-state index is 12.7. The Hall–Kier alpha value is -1.49. The van der Waals surface area contributed by atoms with Crippen molar-refractivity contribution in [2.24, 2.45) is 0 Å². The summed E-state index contributed by atoms with van der Waals surface area (Å²) in [4.78, 5) is 11.9. The largest absolute Gasteiger partial charge is 0.369 e. The van der Waals surface area contributed by atoms with Gasteiger partial charge in [-0.1, -0.05) is 12.2 Å². The number of rotatable bonds is 2. The average molecular weight is 252 g/mol. The van der Waals surface area contributed by atoms with Crippen LogP contribution in [0.15, 0.2) is 24.3 Å². The highest BCUT2D eigenvalue weighted by Gasteiger charge is 2.20. The van der Waals surface area contributed by atoms with Crippen molar-refractivity contribution in [3.05, 3.63) is 30.1 Å². The number of nitrogens with one attached hydrogen (secondary N) is 2. The molecule has 0 bridgehead atoms. The number of benzene rings is 1. The maximum atomic E-state index is 12.7. The van der Waals surface area contributed by atoms with E-state index in [-0.39, 0.29) is 16.7 Å². The zero-order valence-corrected chi connectivity index (χ0v) is 10.0. The van der Waals surface area contributed by atoms with Crippen LogP contribution in [0.4, 0.5) is 10.1 Å². The second-order valence-corrected chi connectivity index (χ2v) is 4.47. The molecule has 1 aromatic carbocycles. The summed E-state index contributed by atoms with van der Waals surface area (Å²) >= 11 is 4.98. The van der Waals surface area contributed by atoms with Crippen LogP contribution in [0, 0.1) is 5.82 Å². The molecule has 0 atom stereocenters. The standard InChI is InChI=1S/C12H13FN2OS/c13-8-4-6-10(7-5-8)14-11(16)12(17)15-9-2-1-3-9/h4-7,9H,1-3H2,(H,14,16)(H,15,17). The van der Waals surface area contributed by atoms with E-state index in [1.807, 2.05) is 0 Å². The van der Waals surface area contributed by atoms with E-state index < -0.39 is 0 Å². The highest BCUT2D eigenvalue weighted by molar-refractivity contribution is 7.82. The van der Waals surface area contributed by atoms with Crippen LogP contribution in [-0.4, -0.2) is 16.9 Å². The summed E-state index contributed by atoms with van der Waals surface area (Å²) in [5.41, 5.74) is 0.536. The van der Waals surface area contributed by atoms with E-state index in [9.17, 15) is 9.18 Å². The summed E-state index contributed by atoms with van der Waals surface area (Å²) in [7, 11) is 0. The van der Waals surface area contributed by atoms with Gasteiger partial charge in [0.05, 0.1) is 0 Å². The molecule has 1 aliphatic carbocycles. The highest BCUT2D eigenvalue weighted by atomic mass is 32.1. The van der Waals surface area contributed by atoms with Crippen LogP contribution in [0.25, 0.3) is 0 Å². The van der Waals surface area contributed by atoms with Gasteiger partial charge in [0, 0.05) is 11.7 Å². The van der Waals surface area contributed by atoms with Crippen LogP contribution in [0.2, 0.25) is 0 Å². The molecule has 2 rings (SSSR count). The van der Waals surface area contributed by atoms with Crippen LogP contribution in [0.3, 0.4) is 0 Å². The minimum atomic E-state index is -0.349. The topological polar surface area (TPSA) is 41.1 Å². The number of anilines is 1. The average Bonchev–Trinajstić information content (AvgIpc) is 2.26. The first-order chi connectivity index (χ1) is 8.15. The van der Waals surface area contributed by atoms with Crippen molar-refractivity contribution in [2.45, 2.75) is 25.3 Å². The normalized spacial score (nSPS) is 14.9. The van der Waals surface area contributed by atoms with E-state index in [0.29, 0.717) is 11.7 Å². The number of thiocarbonyl (C=S) groups is 1. The van der Waals surface area contributed by atoms with Gasteiger partial charge in [-0.15, -0.1) is 0 Å². The van der Waals surface area contributed by atoms with Gasteiger partial charge in [0.25, 0.3) is 5.91 Å². The predicted octanol–water partition coefficient (Wildman–Crippen LogP) is 2.23. The zero-order valence-electron chi connectivity index (χ0n) is 9.20. The summed E-state index contributed by atoms with van der Waals surface area (Å²) < 4.78 is 12.7. The minimum absolute atomic E-state index is 0.194. The van der Waals surface area contributed by atoms with Crippen LogP contribution < -0.4 is 10.6 Å². The molecule has 1 saturated carbocycles. The first-order valence-electron chi connectivity index (χ1n) is 5.52. The molecule has 2 N–H and O–H groups in total. The molecule has 0 unspecified atom stereocenters. The van der Waals surface area contributed by atoms with Crippen molar-refractivity contribution in [3.63, 3.8) is 0 Å². The van der Waals surface area contributed by atoms with Crippen LogP contribution in [0.5, 0.6) is 0 Å². The number of hydrogen-bond donors (Lipinski definition) is 2. The second-order valence-electron chi connectivity index (χ2n) is 4.06. The summed E-state index contributed by atoms with van der Waals surface area (Å²) in [5, 5.41) is 5.61. The van der Waals surface area contributed by atoms with Crippen LogP contribution >= 0.6 is 12.2 Å². The fourth-order valence-corrected chi connectivity index (χ4v) is 1.74. The third-order valence-corrected chi connectivity index (χ3v) is 3.05. The van der Waals surface area contributed by atoms with Crippen molar-refractivity contribution in [1.29, 1.82) is 0 Å². The summed E-state index contributed by atoms with van der Waals surface area (Å²) in [6, 6.07) is 5.91. The van der Waals surface area contributed by atoms with Crippen molar-refractivity contribution in [3.8, 4) is 0 Å². The molecule has 0 radical (unpaired) electrons. The molecule has 90 valence electrons. The van der Waals surface area contributed by atoms with E-state index in [0.717, 1.165) is 12.8 Å². The molecule has 1 aliphatic rings. The SMILES string of the molecule is O=C(Nc1ccc(F)cc1)C(=S)NC1CCC1. The lowest BCUT2D eigenvalue weighted by Crippen LogP contribution is -2.43. The number of carbonyl (C=O) groups is 1. The van der Waals surface area contributed by atoms with E-state index in [1.54, 1.807) is 0 Å². The Kier molecular flexibility index (Phi) is 3.68. The minimum Gasteiger partial charge on any atom is -0.369 e. The Morgan fingerprint density at radius 3 is 2.47 bits per heavy atom. The molecule has 1 amide bonds. The summed E-state index contributed by atoms with van der Waals surface area (Å²) in [6.07, 6.45) is 3.30. The van der Waals surface area contributed by atoms with Crippen molar-refractivity contribution < 1.29 is 9.18 Å². The van der Waals surface area contributed by atoms with Crippen molar-refractivity contribution >= 4 is 28.8 Å². The molecule has 1 fully saturated rings. The maximum Gasteiger partial charge on any atom is 0.283 e. The molecule has 3 nitrogen and oxygen atoms in total. The van der Waals surface area contributed by atoms with E-state index in [2.05, 4.69) is 10.6 Å². The molecule has 5 heteroatoms. The van der Waals surface area contributed by atoms with Gasteiger partial charge < -0.3 is 10.6 Å². The Morgan fingerprint density at radius 2 is 1.94 bits per heavy atom. The van der Waals surface area contributed by atoms with Gasteiger partial charge in [-0.25, -0.2) is 4.39 Å². The fraction of sp³-hybridized carbons (Fsp3) is 0.333. The second kappa shape index (κ2) is 5.23. The smallest absolute Gasteiger partial charge is 0.283 e. The quantitative estimate of drug-likeness (QED) is 0.793. The number of carbonyl (C=O) groups excluding carboxylic acids is 1. The first-order valence-corrected chi connectivity index (χ1v) is 5.93. The molecular weight excluding hydrogens is 239 g/mol. The molecule has 0 aromatic heterocycles. The first kappa shape index (κ1) is 12.0. The molecule has 0 heterocycles. The molecule has 0 saturated heterocycles. The predicted molar refractivity (Wildman–Crippen MR) is 68.4 cm³/mol. The van der Waals surface area contributed by atoms with Crippen LogP contribution in [-0.2, 0) is 4.79 Å². The summed E-state index contributed by atoms with van der Waals surface area (Å²) in [5.74, 6) is -0.684. The van der Waals surface area contributed by atoms with Crippen LogP contribution in [0.1, 0.15) is 19.3 Å². The van der Waals surface area contributed by atoms with Gasteiger partial charge >= 0.3 is 0 Å². The lowest BCUT2D eigenvalue weighted by molar-refractivity contribution is -0.110. The Balaban J connectivity index is 1.87. The van der Waals surface area contributed by atoms with Gasteiger partial charge in [-0.05, 0) is 43.5 Å². The third-order valence-electron chi connectivity index (χ3n) is 2.75.